The van der Waals surface area contributed by atoms with Gasteiger partial charge >= 0.3 is 0 Å². The van der Waals surface area contributed by atoms with E-state index in [-0.39, 0.29) is 10.6 Å². The van der Waals surface area contributed by atoms with Gasteiger partial charge in [-0.05, 0) is 32.0 Å². The first-order chi connectivity index (χ1) is 9.22. The summed E-state index contributed by atoms with van der Waals surface area (Å²) in [6.45, 7) is 2.13. The number of piperidine rings is 1. The van der Waals surface area contributed by atoms with Gasteiger partial charge in [-0.1, -0.05) is 11.8 Å². The Morgan fingerprint density at radius 3 is 2.95 bits per heavy atom. The largest absolute Gasteiger partial charge is 0.317 e. The number of rotatable bonds is 3. The highest BCUT2D eigenvalue weighted by Gasteiger charge is 2.17. The molecule has 0 bridgehead atoms. The summed E-state index contributed by atoms with van der Waals surface area (Å²) >= 11 is 3.42. The van der Waals surface area contributed by atoms with E-state index < -0.39 is 0 Å². The summed E-state index contributed by atoms with van der Waals surface area (Å²) in [6.07, 6.45) is 2.31. The highest BCUT2D eigenvalue weighted by Crippen LogP contribution is 2.35. The van der Waals surface area contributed by atoms with Crippen molar-refractivity contribution in [1.29, 1.82) is 0 Å². The zero-order chi connectivity index (χ0) is 13.2. The number of non-ortho nitro benzene ring substituents is 1. The molecule has 19 heavy (non-hydrogen) atoms. The number of thioether (sulfide) groups is 1. The molecule has 0 unspecified atom stereocenters. The first-order valence-electron chi connectivity index (χ1n) is 6.15. The molecule has 1 aromatic heterocycles. The first kappa shape index (κ1) is 12.8. The summed E-state index contributed by atoms with van der Waals surface area (Å²) in [5, 5.41) is 14.7. The van der Waals surface area contributed by atoms with E-state index in [2.05, 4.69) is 10.3 Å². The van der Waals surface area contributed by atoms with Crippen molar-refractivity contribution in [1.82, 2.24) is 10.3 Å². The van der Waals surface area contributed by atoms with E-state index in [4.69, 9.17) is 0 Å². The number of hydrogen-bond acceptors (Lipinski definition) is 6. The second kappa shape index (κ2) is 5.44. The molecule has 1 fully saturated rings. The molecule has 1 aliphatic heterocycles. The van der Waals surface area contributed by atoms with Gasteiger partial charge in [0.1, 0.15) is 0 Å². The summed E-state index contributed by atoms with van der Waals surface area (Å²) in [6, 6.07) is 4.88. The Labute approximate surface area is 118 Å². The number of nitro groups is 1. The van der Waals surface area contributed by atoms with Crippen LogP contribution in [0.1, 0.15) is 12.8 Å². The lowest BCUT2D eigenvalue weighted by Gasteiger charge is -2.20. The fourth-order valence-electron chi connectivity index (χ4n) is 2.11. The quantitative estimate of drug-likeness (QED) is 0.696. The number of nitrogens with one attached hydrogen (secondary N) is 1. The van der Waals surface area contributed by atoms with E-state index in [1.54, 1.807) is 41.3 Å². The van der Waals surface area contributed by atoms with Gasteiger partial charge in [0.15, 0.2) is 4.34 Å². The molecule has 1 N–H and O–H groups in total. The molecular weight excluding hydrogens is 282 g/mol. The molecule has 0 amide bonds. The molecule has 2 aromatic rings. The summed E-state index contributed by atoms with van der Waals surface area (Å²) in [5.74, 6) is 0. The zero-order valence-electron chi connectivity index (χ0n) is 10.2. The highest BCUT2D eigenvalue weighted by atomic mass is 32.2. The third-order valence-electron chi connectivity index (χ3n) is 3.12. The molecule has 1 saturated heterocycles. The number of nitro benzene ring substituents is 1. The number of thiazole rings is 1. The van der Waals surface area contributed by atoms with Crippen LogP contribution in [-0.2, 0) is 0 Å². The molecule has 0 aliphatic carbocycles. The van der Waals surface area contributed by atoms with Crippen LogP contribution in [-0.4, -0.2) is 28.2 Å². The summed E-state index contributed by atoms with van der Waals surface area (Å²) in [5.41, 5.74) is 0.840. The third kappa shape index (κ3) is 2.88. The Morgan fingerprint density at radius 1 is 1.42 bits per heavy atom. The second-order valence-electron chi connectivity index (χ2n) is 4.46. The van der Waals surface area contributed by atoms with Gasteiger partial charge in [-0.3, -0.25) is 10.1 Å². The molecule has 2 heterocycles. The number of hydrogen-bond donors (Lipinski definition) is 1. The fourth-order valence-corrected chi connectivity index (χ4v) is 4.57. The Morgan fingerprint density at radius 2 is 2.21 bits per heavy atom. The Hall–Kier alpha value is -1.18. The summed E-state index contributed by atoms with van der Waals surface area (Å²) in [4.78, 5) is 14.9. The predicted molar refractivity (Wildman–Crippen MR) is 78.0 cm³/mol. The lowest BCUT2D eigenvalue weighted by atomic mass is 10.2. The van der Waals surface area contributed by atoms with E-state index in [0.29, 0.717) is 5.25 Å². The number of fused-ring (bicyclic) bond motifs is 1. The molecule has 1 aliphatic rings. The Balaban J connectivity index is 1.82. The van der Waals surface area contributed by atoms with Gasteiger partial charge in [0.25, 0.3) is 5.69 Å². The van der Waals surface area contributed by atoms with Crippen molar-refractivity contribution in [3.8, 4) is 0 Å². The van der Waals surface area contributed by atoms with Gasteiger partial charge < -0.3 is 5.32 Å². The van der Waals surface area contributed by atoms with Crippen LogP contribution in [0.3, 0.4) is 0 Å². The Bertz CT molecular complexity index is 608. The fraction of sp³-hybridized carbons (Fsp3) is 0.417. The maximum absolute atomic E-state index is 10.7. The summed E-state index contributed by atoms with van der Waals surface area (Å²) in [7, 11) is 0. The van der Waals surface area contributed by atoms with Crippen LogP contribution >= 0.6 is 23.1 Å². The number of nitrogens with zero attached hydrogens (tertiary/aromatic N) is 2. The van der Waals surface area contributed by atoms with Crippen LogP contribution in [0.15, 0.2) is 22.5 Å². The third-order valence-corrected chi connectivity index (χ3v) is 5.58. The van der Waals surface area contributed by atoms with Gasteiger partial charge in [0.2, 0.25) is 0 Å². The van der Waals surface area contributed by atoms with Crippen molar-refractivity contribution in [2.24, 2.45) is 0 Å². The van der Waals surface area contributed by atoms with Crippen LogP contribution < -0.4 is 5.32 Å². The Kier molecular flexibility index (Phi) is 3.67. The molecule has 0 spiro atoms. The molecule has 100 valence electrons. The van der Waals surface area contributed by atoms with Crippen LogP contribution in [0.2, 0.25) is 0 Å². The minimum absolute atomic E-state index is 0.108. The van der Waals surface area contributed by atoms with Gasteiger partial charge in [-0.15, -0.1) is 11.3 Å². The molecule has 1 aromatic carbocycles. The minimum atomic E-state index is -0.377. The van der Waals surface area contributed by atoms with E-state index in [1.165, 1.54) is 0 Å². The van der Waals surface area contributed by atoms with Gasteiger partial charge in [0.05, 0.1) is 15.1 Å². The minimum Gasteiger partial charge on any atom is -0.317 e. The predicted octanol–water partition coefficient (Wildman–Crippen LogP) is 3.05. The van der Waals surface area contributed by atoms with Crippen molar-refractivity contribution in [3.05, 3.63) is 28.3 Å². The SMILES string of the molecule is O=[N+]([O-])c1ccc2sc(SC3CCNCC3)nc2c1. The van der Waals surface area contributed by atoms with E-state index in [0.717, 1.165) is 40.5 Å². The molecular formula is C12H13N3O2S2. The van der Waals surface area contributed by atoms with E-state index >= 15 is 0 Å². The zero-order valence-corrected chi connectivity index (χ0v) is 11.8. The van der Waals surface area contributed by atoms with Gasteiger partial charge in [0, 0.05) is 17.4 Å². The van der Waals surface area contributed by atoms with Crippen molar-refractivity contribution in [3.63, 3.8) is 0 Å². The molecule has 5 nitrogen and oxygen atoms in total. The van der Waals surface area contributed by atoms with Crippen LogP contribution in [0.25, 0.3) is 10.2 Å². The van der Waals surface area contributed by atoms with Crippen LogP contribution in [0, 0.1) is 10.1 Å². The standard InChI is InChI=1S/C12H13N3O2S2/c16-15(17)8-1-2-11-10(7-8)14-12(19-11)18-9-3-5-13-6-4-9/h1-2,7,9,13H,3-6H2. The molecule has 0 radical (unpaired) electrons. The number of benzene rings is 1. The lowest BCUT2D eigenvalue weighted by Crippen LogP contribution is -2.29. The van der Waals surface area contributed by atoms with Crippen molar-refractivity contribution in [2.45, 2.75) is 22.4 Å². The van der Waals surface area contributed by atoms with Crippen molar-refractivity contribution >= 4 is 39.0 Å². The maximum atomic E-state index is 10.7. The second-order valence-corrected chi connectivity index (χ2v) is 7.03. The van der Waals surface area contributed by atoms with E-state index in [9.17, 15) is 10.1 Å². The monoisotopic (exact) mass is 295 g/mol. The van der Waals surface area contributed by atoms with Crippen molar-refractivity contribution in [2.75, 3.05) is 13.1 Å². The van der Waals surface area contributed by atoms with Crippen LogP contribution in [0.5, 0.6) is 0 Å². The van der Waals surface area contributed by atoms with Gasteiger partial charge in [-0.25, -0.2) is 4.98 Å². The average Bonchev–Trinajstić information content (AvgIpc) is 2.80. The number of aromatic nitrogens is 1. The normalized spacial score (nSPS) is 16.8. The molecule has 3 rings (SSSR count). The lowest BCUT2D eigenvalue weighted by molar-refractivity contribution is -0.384. The molecule has 7 heteroatoms. The summed E-state index contributed by atoms with van der Waals surface area (Å²) < 4.78 is 2.03. The average molecular weight is 295 g/mol. The molecule has 0 atom stereocenters. The maximum Gasteiger partial charge on any atom is 0.271 e. The topological polar surface area (TPSA) is 68.1 Å². The highest BCUT2D eigenvalue weighted by molar-refractivity contribution is 8.01. The smallest absolute Gasteiger partial charge is 0.271 e. The first-order valence-corrected chi connectivity index (χ1v) is 7.84. The van der Waals surface area contributed by atoms with Crippen LogP contribution in [0.4, 0.5) is 5.69 Å². The van der Waals surface area contributed by atoms with Crippen molar-refractivity contribution < 1.29 is 4.92 Å². The van der Waals surface area contributed by atoms with Gasteiger partial charge in [-0.2, -0.15) is 0 Å². The van der Waals surface area contributed by atoms with E-state index in [1.807, 2.05) is 0 Å². The molecule has 0 saturated carbocycles.